The Morgan fingerprint density at radius 1 is 1.25 bits per heavy atom. The van der Waals surface area contributed by atoms with Gasteiger partial charge in [0, 0.05) is 23.3 Å². The molecule has 0 spiro atoms. The lowest BCUT2D eigenvalue weighted by atomic mass is 10.2. The Morgan fingerprint density at radius 2 is 2.08 bits per heavy atom. The molecule has 0 unspecified atom stereocenters. The first-order valence-electron chi connectivity index (χ1n) is 7.28. The maximum absolute atomic E-state index is 12.6. The van der Waals surface area contributed by atoms with Gasteiger partial charge in [0.05, 0.1) is 13.3 Å². The summed E-state index contributed by atoms with van der Waals surface area (Å²) in [5.41, 5.74) is 2.42. The van der Waals surface area contributed by atoms with Crippen molar-refractivity contribution in [2.24, 2.45) is 5.10 Å². The monoisotopic (exact) mass is 319 g/mol. The minimum atomic E-state index is -0.263. The maximum Gasteiger partial charge on any atom is 0.298 e. The molecule has 4 aromatic rings. The molecule has 3 heterocycles. The molecule has 0 fully saturated rings. The Kier molecular flexibility index (Phi) is 3.31. The molecule has 24 heavy (non-hydrogen) atoms. The van der Waals surface area contributed by atoms with Crippen LogP contribution in [-0.2, 0) is 0 Å². The molecule has 3 aromatic heterocycles. The lowest BCUT2D eigenvalue weighted by Crippen LogP contribution is -2.17. The molecular weight excluding hydrogens is 306 g/mol. The van der Waals surface area contributed by atoms with Crippen LogP contribution in [0, 0.1) is 0 Å². The van der Waals surface area contributed by atoms with Crippen LogP contribution < -0.4 is 10.3 Å². The van der Waals surface area contributed by atoms with Gasteiger partial charge in [-0.25, -0.2) is 4.98 Å². The predicted octanol–water partition coefficient (Wildman–Crippen LogP) is 2.16. The summed E-state index contributed by atoms with van der Waals surface area (Å²) in [4.78, 5) is 24.0. The molecule has 7 nitrogen and oxygen atoms in total. The number of rotatable bonds is 3. The number of aromatic amines is 1. The third-order valence-electron chi connectivity index (χ3n) is 3.73. The van der Waals surface area contributed by atoms with Gasteiger partial charge in [-0.1, -0.05) is 0 Å². The highest BCUT2D eigenvalue weighted by molar-refractivity contribution is 6.04. The first-order valence-corrected chi connectivity index (χ1v) is 7.28. The molecule has 0 bridgehead atoms. The van der Waals surface area contributed by atoms with E-state index in [1.807, 2.05) is 18.2 Å². The van der Waals surface area contributed by atoms with E-state index in [-0.39, 0.29) is 5.56 Å². The van der Waals surface area contributed by atoms with E-state index in [0.29, 0.717) is 16.8 Å². The molecule has 0 amide bonds. The van der Waals surface area contributed by atoms with Gasteiger partial charge in [0.2, 0.25) is 0 Å². The van der Waals surface area contributed by atoms with Crippen molar-refractivity contribution in [3.05, 3.63) is 65.0 Å². The van der Waals surface area contributed by atoms with Gasteiger partial charge in [-0.3, -0.25) is 9.78 Å². The Balaban J connectivity index is 1.85. The van der Waals surface area contributed by atoms with E-state index < -0.39 is 0 Å². The smallest absolute Gasteiger partial charge is 0.298 e. The molecular formula is C17H13N5O2. The van der Waals surface area contributed by atoms with E-state index in [4.69, 9.17) is 4.74 Å². The number of H-pyrrole nitrogens is 1. The summed E-state index contributed by atoms with van der Waals surface area (Å²) in [6.45, 7) is 0. The van der Waals surface area contributed by atoms with Gasteiger partial charge < -0.3 is 9.72 Å². The topological polar surface area (TPSA) is 85.2 Å². The molecule has 7 heteroatoms. The highest BCUT2D eigenvalue weighted by Crippen LogP contribution is 2.25. The van der Waals surface area contributed by atoms with E-state index in [1.54, 1.807) is 37.9 Å². The molecule has 0 atom stereocenters. The van der Waals surface area contributed by atoms with Gasteiger partial charge >= 0.3 is 0 Å². The minimum absolute atomic E-state index is 0.263. The second kappa shape index (κ2) is 5.62. The van der Waals surface area contributed by atoms with Gasteiger partial charge in [0.15, 0.2) is 0 Å². The molecule has 0 radical (unpaired) electrons. The van der Waals surface area contributed by atoms with Crippen LogP contribution in [0.25, 0.3) is 21.9 Å². The number of pyridine rings is 1. The molecule has 4 rings (SSSR count). The summed E-state index contributed by atoms with van der Waals surface area (Å²) in [6, 6.07) is 9.15. The van der Waals surface area contributed by atoms with E-state index >= 15 is 0 Å². The van der Waals surface area contributed by atoms with Crippen LogP contribution in [0.15, 0.2) is 58.9 Å². The highest BCUT2D eigenvalue weighted by atomic mass is 16.5. The van der Waals surface area contributed by atoms with Gasteiger partial charge in [-0.15, -0.1) is 0 Å². The van der Waals surface area contributed by atoms with Crippen LogP contribution in [0.2, 0.25) is 0 Å². The van der Waals surface area contributed by atoms with Gasteiger partial charge in [0.25, 0.3) is 5.56 Å². The Morgan fingerprint density at radius 3 is 2.88 bits per heavy atom. The summed E-state index contributed by atoms with van der Waals surface area (Å²) in [6.07, 6.45) is 6.32. The molecule has 118 valence electrons. The first kappa shape index (κ1) is 14.1. The molecule has 0 aliphatic heterocycles. The van der Waals surface area contributed by atoms with Crippen molar-refractivity contribution in [2.45, 2.75) is 0 Å². The highest BCUT2D eigenvalue weighted by Gasteiger charge is 2.11. The number of methoxy groups -OCH3 is 1. The molecule has 0 aliphatic rings. The Hall–Kier alpha value is -3.48. The zero-order valence-electron chi connectivity index (χ0n) is 12.8. The van der Waals surface area contributed by atoms with Crippen molar-refractivity contribution in [1.82, 2.24) is 19.6 Å². The lowest BCUT2D eigenvalue weighted by Gasteiger charge is -1.99. The third-order valence-corrected chi connectivity index (χ3v) is 3.73. The number of fused-ring (bicyclic) bond motifs is 3. The second-order valence-corrected chi connectivity index (χ2v) is 5.18. The summed E-state index contributed by atoms with van der Waals surface area (Å²) in [5, 5.41) is 5.01. The predicted molar refractivity (Wildman–Crippen MR) is 91.6 cm³/mol. The molecule has 1 aromatic carbocycles. The van der Waals surface area contributed by atoms with Crippen LogP contribution in [0.4, 0.5) is 0 Å². The van der Waals surface area contributed by atoms with Crippen molar-refractivity contribution < 1.29 is 4.74 Å². The van der Waals surface area contributed by atoms with E-state index in [2.05, 4.69) is 20.1 Å². The summed E-state index contributed by atoms with van der Waals surface area (Å²) in [7, 11) is 1.60. The Bertz CT molecular complexity index is 1110. The van der Waals surface area contributed by atoms with Crippen molar-refractivity contribution >= 4 is 28.2 Å². The third kappa shape index (κ3) is 2.32. The first-order chi connectivity index (χ1) is 11.8. The summed E-state index contributed by atoms with van der Waals surface area (Å²) in [5.74, 6) is 0.713. The lowest BCUT2D eigenvalue weighted by molar-refractivity contribution is 0.415. The number of hydrogen-bond donors (Lipinski definition) is 1. The number of nitrogens with one attached hydrogen (secondary N) is 1. The second-order valence-electron chi connectivity index (χ2n) is 5.18. The van der Waals surface area contributed by atoms with Crippen molar-refractivity contribution in [3.63, 3.8) is 0 Å². The van der Waals surface area contributed by atoms with Crippen LogP contribution in [0.1, 0.15) is 5.56 Å². The minimum Gasteiger partial charge on any atom is -0.497 e. The van der Waals surface area contributed by atoms with E-state index in [0.717, 1.165) is 16.5 Å². The van der Waals surface area contributed by atoms with E-state index in [1.165, 1.54) is 11.0 Å². The molecule has 0 saturated carbocycles. The van der Waals surface area contributed by atoms with Gasteiger partial charge in [0.1, 0.15) is 23.1 Å². The fraction of sp³-hybridized carbons (Fsp3) is 0.0588. The van der Waals surface area contributed by atoms with Gasteiger partial charge in [-0.05, 0) is 35.9 Å². The zero-order chi connectivity index (χ0) is 16.5. The fourth-order valence-electron chi connectivity index (χ4n) is 2.51. The number of nitrogens with zero attached hydrogens (tertiary/aromatic N) is 4. The fourth-order valence-corrected chi connectivity index (χ4v) is 2.51. The molecule has 0 saturated heterocycles. The van der Waals surface area contributed by atoms with Crippen LogP contribution in [-0.4, -0.2) is 33.0 Å². The van der Waals surface area contributed by atoms with Crippen LogP contribution >= 0.6 is 0 Å². The standard InChI is InChI=1S/C17H13N5O2/c1-24-12-2-3-14-13(8-12)15-16(21-14)17(23)22(10-19-15)20-9-11-4-6-18-7-5-11/h2-10,21H,1H3/b20-9+. The van der Waals surface area contributed by atoms with Crippen molar-refractivity contribution in [3.8, 4) is 5.75 Å². The van der Waals surface area contributed by atoms with E-state index in [9.17, 15) is 4.79 Å². The average molecular weight is 319 g/mol. The number of ether oxygens (including phenoxy) is 1. The zero-order valence-corrected chi connectivity index (χ0v) is 12.8. The molecule has 0 aliphatic carbocycles. The maximum atomic E-state index is 12.6. The van der Waals surface area contributed by atoms with Crippen molar-refractivity contribution in [2.75, 3.05) is 7.11 Å². The van der Waals surface area contributed by atoms with Crippen LogP contribution in [0.5, 0.6) is 5.75 Å². The van der Waals surface area contributed by atoms with Gasteiger partial charge in [-0.2, -0.15) is 9.78 Å². The number of hydrogen-bond acceptors (Lipinski definition) is 5. The number of benzene rings is 1. The number of aromatic nitrogens is 4. The summed E-state index contributed by atoms with van der Waals surface area (Å²) < 4.78 is 6.43. The SMILES string of the molecule is COc1ccc2[nH]c3c(=O)n(/N=C/c4ccncc4)cnc3c2c1. The largest absolute Gasteiger partial charge is 0.497 e. The Labute approximate surface area is 136 Å². The average Bonchev–Trinajstić information content (AvgIpc) is 3.00. The van der Waals surface area contributed by atoms with Crippen LogP contribution in [0.3, 0.4) is 0 Å². The van der Waals surface area contributed by atoms with Crippen molar-refractivity contribution in [1.29, 1.82) is 0 Å². The molecule has 1 N–H and O–H groups in total. The quantitative estimate of drug-likeness (QED) is 0.586. The summed E-state index contributed by atoms with van der Waals surface area (Å²) >= 11 is 0. The normalized spacial score (nSPS) is 11.5.